The number of aromatic nitrogens is 2. The summed E-state index contributed by atoms with van der Waals surface area (Å²) in [5.74, 6) is -0.634. The molecular weight excluding hydrogens is 318 g/mol. The Morgan fingerprint density at radius 3 is 2.70 bits per heavy atom. The predicted octanol–water partition coefficient (Wildman–Crippen LogP) is 1.70. The van der Waals surface area contributed by atoms with Gasteiger partial charge in [0, 0.05) is 16.8 Å². The van der Waals surface area contributed by atoms with Gasteiger partial charge in [0.1, 0.15) is 0 Å². The maximum absolute atomic E-state index is 12.3. The van der Waals surface area contributed by atoms with Crippen molar-refractivity contribution >= 4 is 17.5 Å². The van der Waals surface area contributed by atoms with Crippen LogP contribution in [0.1, 0.15) is 30.0 Å². The molecule has 23 heavy (non-hydrogen) atoms. The van der Waals surface area contributed by atoms with E-state index in [-0.39, 0.29) is 12.3 Å². The fourth-order valence-electron chi connectivity index (χ4n) is 1.98. The average molecular weight is 336 g/mol. The van der Waals surface area contributed by atoms with Crippen LogP contribution in [-0.4, -0.2) is 32.9 Å². The van der Waals surface area contributed by atoms with Crippen LogP contribution in [0.4, 0.5) is 0 Å². The summed E-state index contributed by atoms with van der Waals surface area (Å²) in [6, 6.07) is 8.28. The number of hydrogen-bond acceptors (Lipinski definition) is 4. The zero-order chi connectivity index (χ0) is 17.2. The zero-order valence-electron chi connectivity index (χ0n) is 13.1. The van der Waals surface area contributed by atoms with Gasteiger partial charge in [-0.15, -0.1) is 0 Å². The Hall–Kier alpha value is -2.18. The smallest absolute Gasteiger partial charge is 0.276 e. The van der Waals surface area contributed by atoms with Crippen LogP contribution in [0.2, 0.25) is 5.02 Å². The number of rotatable bonds is 4. The van der Waals surface area contributed by atoms with E-state index in [9.17, 15) is 14.7 Å². The number of amides is 1. The van der Waals surface area contributed by atoms with Gasteiger partial charge in [0.2, 0.25) is 5.43 Å². The highest BCUT2D eigenvalue weighted by molar-refractivity contribution is 6.30. The van der Waals surface area contributed by atoms with Crippen LogP contribution in [0.5, 0.6) is 0 Å². The Balaban J connectivity index is 2.49. The molecule has 0 saturated heterocycles. The van der Waals surface area contributed by atoms with Crippen LogP contribution in [0.25, 0.3) is 5.69 Å². The second kappa shape index (κ2) is 6.52. The summed E-state index contributed by atoms with van der Waals surface area (Å²) in [7, 11) is 0. The highest BCUT2D eigenvalue weighted by Crippen LogP contribution is 2.15. The Morgan fingerprint density at radius 2 is 2.09 bits per heavy atom. The molecule has 7 heteroatoms. The lowest BCUT2D eigenvalue weighted by Gasteiger charge is -2.23. The normalized spacial score (nSPS) is 11.3. The van der Waals surface area contributed by atoms with Crippen molar-refractivity contribution in [1.29, 1.82) is 0 Å². The third kappa shape index (κ3) is 3.97. The first-order valence-corrected chi connectivity index (χ1v) is 7.41. The number of hydrogen-bond donors (Lipinski definition) is 2. The molecule has 6 nitrogen and oxygen atoms in total. The minimum absolute atomic E-state index is 0.239. The molecule has 0 atom stereocenters. The van der Waals surface area contributed by atoms with Crippen LogP contribution >= 0.6 is 11.6 Å². The van der Waals surface area contributed by atoms with Crippen molar-refractivity contribution in [3.8, 4) is 5.69 Å². The minimum atomic E-state index is -0.850. The first-order chi connectivity index (χ1) is 10.7. The van der Waals surface area contributed by atoms with Gasteiger partial charge < -0.3 is 10.4 Å². The SMILES string of the molecule is Cc1cc(=O)c(C(=O)NC(C)(C)CO)nn1-c1cccc(Cl)c1. The standard InChI is InChI=1S/C16H18ClN3O3/c1-10-7-13(22)14(15(23)18-16(2,3)9-21)19-20(10)12-6-4-5-11(17)8-12/h4-8,21H,9H2,1-3H3,(H,18,23). The maximum Gasteiger partial charge on any atom is 0.276 e. The lowest BCUT2D eigenvalue weighted by Crippen LogP contribution is -2.48. The summed E-state index contributed by atoms with van der Waals surface area (Å²) >= 11 is 5.98. The summed E-state index contributed by atoms with van der Waals surface area (Å²) in [6.07, 6.45) is 0. The quantitative estimate of drug-likeness (QED) is 0.890. The van der Waals surface area contributed by atoms with E-state index in [4.69, 9.17) is 11.6 Å². The van der Waals surface area contributed by atoms with E-state index in [2.05, 4.69) is 10.4 Å². The maximum atomic E-state index is 12.3. The van der Waals surface area contributed by atoms with E-state index in [0.29, 0.717) is 16.4 Å². The molecular formula is C16H18ClN3O3. The van der Waals surface area contributed by atoms with Crippen LogP contribution in [0.15, 0.2) is 35.1 Å². The summed E-state index contributed by atoms with van der Waals surface area (Å²) in [5.41, 5.74) is -0.346. The molecule has 0 unspecified atom stereocenters. The van der Waals surface area contributed by atoms with Crippen molar-refractivity contribution in [2.24, 2.45) is 0 Å². The number of aliphatic hydroxyl groups excluding tert-OH is 1. The van der Waals surface area contributed by atoms with Crippen molar-refractivity contribution in [1.82, 2.24) is 15.1 Å². The third-order valence-electron chi connectivity index (χ3n) is 3.22. The van der Waals surface area contributed by atoms with Crippen molar-refractivity contribution in [3.05, 3.63) is 57.0 Å². The van der Waals surface area contributed by atoms with E-state index < -0.39 is 16.9 Å². The molecule has 1 amide bonds. The Labute approximate surface area is 138 Å². The van der Waals surface area contributed by atoms with Crippen molar-refractivity contribution in [2.45, 2.75) is 26.3 Å². The fourth-order valence-corrected chi connectivity index (χ4v) is 2.16. The van der Waals surface area contributed by atoms with E-state index in [1.807, 2.05) is 0 Å². The van der Waals surface area contributed by atoms with Gasteiger partial charge in [-0.3, -0.25) is 9.59 Å². The second-order valence-electron chi connectivity index (χ2n) is 5.89. The molecule has 2 rings (SSSR count). The molecule has 0 aliphatic carbocycles. The number of aryl methyl sites for hydroxylation is 1. The number of carbonyl (C=O) groups excluding carboxylic acids is 1. The number of aliphatic hydroxyl groups is 1. The largest absolute Gasteiger partial charge is 0.394 e. The fraction of sp³-hybridized carbons (Fsp3) is 0.312. The molecule has 0 saturated carbocycles. The van der Waals surface area contributed by atoms with Crippen LogP contribution in [0, 0.1) is 6.92 Å². The Bertz CT molecular complexity index is 799. The van der Waals surface area contributed by atoms with Crippen molar-refractivity contribution in [2.75, 3.05) is 6.61 Å². The van der Waals surface area contributed by atoms with Gasteiger partial charge in [-0.2, -0.15) is 5.10 Å². The first kappa shape index (κ1) is 17.2. The third-order valence-corrected chi connectivity index (χ3v) is 3.46. The van der Waals surface area contributed by atoms with Crippen LogP contribution < -0.4 is 10.7 Å². The molecule has 1 heterocycles. The summed E-state index contributed by atoms with van der Waals surface area (Å²) < 4.78 is 1.48. The molecule has 0 spiro atoms. The van der Waals surface area contributed by atoms with Gasteiger partial charge in [-0.05, 0) is 39.0 Å². The molecule has 0 aliphatic heterocycles. The lowest BCUT2D eigenvalue weighted by atomic mass is 10.1. The van der Waals surface area contributed by atoms with Gasteiger partial charge >= 0.3 is 0 Å². The van der Waals surface area contributed by atoms with Crippen molar-refractivity contribution in [3.63, 3.8) is 0 Å². The number of halogens is 1. The summed E-state index contributed by atoms with van der Waals surface area (Å²) in [6.45, 7) is 4.75. The van der Waals surface area contributed by atoms with Gasteiger partial charge in [0.25, 0.3) is 5.91 Å². The second-order valence-corrected chi connectivity index (χ2v) is 6.32. The van der Waals surface area contributed by atoms with E-state index in [1.54, 1.807) is 45.0 Å². The van der Waals surface area contributed by atoms with Gasteiger partial charge in [-0.1, -0.05) is 17.7 Å². The van der Waals surface area contributed by atoms with E-state index >= 15 is 0 Å². The highest BCUT2D eigenvalue weighted by Gasteiger charge is 2.23. The molecule has 2 aromatic rings. The van der Waals surface area contributed by atoms with E-state index in [1.165, 1.54) is 10.7 Å². The molecule has 0 radical (unpaired) electrons. The topological polar surface area (TPSA) is 84.2 Å². The Morgan fingerprint density at radius 1 is 1.39 bits per heavy atom. The first-order valence-electron chi connectivity index (χ1n) is 7.04. The number of benzene rings is 1. The Kier molecular flexibility index (Phi) is 4.87. The van der Waals surface area contributed by atoms with Gasteiger partial charge in [0.05, 0.1) is 17.8 Å². The van der Waals surface area contributed by atoms with Gasteiger partial charge in [0.15, 0.2) is 5.69 Å². The summed E-state index contributed by atoms with van der Waals surface area (Å²) in [5, 5.41) is 16.5. The van der Waals surface area contributed by atoms with Crippen LogP contribution in [-0.2, 0) is 0 Å². The molecule has 0 aliphatic rings. The average Bonchev–Trinajstić information content (AvgIpc) is 2.46. The zero-order valence-corrected chi connectivity index (χ0v) is 13.9. The highest BCUT2D eigenvalue weighted by atomic mass is 35.5. The number of carbonyl (C=O) groups is 1. The molecule has 122 valence electrons. The number of nitrogens with one attached hydrogen (secondary N) is 1. The molecule has 1 aromatic heterocycles. The lowest BCUT2D eigenvalue weighted by molar-refractivity contribution is 0.0861. The minimum Gasteiger partial charge on any atom is -0.394 e. The predicted molar refractivity (Wildman–Crippen MR) is 88.2 cm³/mol. The number of nitrogens with zero attached hydrogens (tertiary/aromatic N) is 2. The van der Waals surface area contributed by atoms with E-state index in [0.717, 1.165) is 0 Å². The van der Waals surface area contributed by atoms with Gasteiger partial charge in [-0.25, -0.2) is 4.68 Å². The van der Waals surface area contributed by atoms with Crippen molar-refractivity contribution < 1.29 is 9.90 Å². The molecule has 0 bridgehead atoms. The molecule has 1 aromatic carbocycles. The molecule has 0 fully saturated rings. The monoisotopic (exact) mass is 335 g/mol. The molecule has 2 N–H and O–H groups in total. The van der Waals surface area contributed by atoms with Crippen LogP contribution in [0.3, 0.4) is 0 Å². The summed E-state index contributed by atoms with van der Waals surface area (Å²) in [4.78, 5) is 24.4.